The topological polar surface area (TPSA) is 68.5 Å². The van der Waals surface area contributed by atoms with E-state index in [-0.39, 0.29) is 6.10 Å². The number of anilines is 1. The molecule has 3 aromatic carbocycles. The van der Waals surface area contributed by atoms with Crippen LogP contribution < -0.4 is 5.32 Å². The molecule has 1 aliphatic carbocycles. The van der Waals surface area contributed by atoms with Crippen molar-refractivity contribution in [3.63, 3.8) is 0 Å². The van der Waals surface area contributed by atoms with Gasteiger partial charge in [-0.05, 0) is 47.9 Å². The molecule has 1 saturated carbocycles. The summed E-state index contributed by atoms with van der Waals surface area (Å²) in [6.07, 6.45) is 6.78. The second-order valence-corrected chi connectivity index (χ2v) is 9.17. The third kappa shape index (κ3) is 4.45. The number of ether oxygens (including phenoxy) is 1. The number of carbonyl (C=O) groups is 1. The van der Waals surface area contributed by atoms with Crippen molar-refractivity contribution >= 4 is 17.6 Å². The quantitative estimate of drug-likeness (QED) is 0.281. The van der Waals surface area contributed by atoms with Gasteiger partial charge in [0.05, 0.1) is 6.20 Å². The molecule has 1 fully saturated rings. The van der Waals surface area contributed by atoms with Gasteiger partial charge in [0.2, 0.25) is 0 Å². The van der Waals surface area contributed by atoms with Crippen LogP contribution in [0.5, 0.6) is 0 Å². The fourth-order valence-electron chi connectivity index (χ4n) is 4.49. The zero-order valence-electron chi connectivity index (χ0n) is 20.0. The van der Waals surface area contributed by atoms with Crippen molar-refractivity contribution < 1.29 is 9.53 Å². The summed E-state index contributed by atoms with van der Waals surface area (Å²) in [7, 11) is 0. The minimum atomic E-state index is -0.543. The number of rotatable bonds is 6. The average Bonchev–Trinajstić information content (AvgIpc) is 3.72. The van der Waals surface area contributed by atoms with Crippen LogP contribution in [0.2, 0.25) is 0 Å². The summed E-state index contributed by atoms with van der Waals surface area (Å²) < 4.78 is 7.46. The molecule has 6 nitrogen and oxygen atoms in total. The zero-order valence-corrected chi connectivity index (χ0v) is 20.0. The monoisotopic (exact) mass is 474 g/mol. The van der Waals surface area contributed by atoms with E-state index in [1.165, 1.54) is 24.0 Å². The highest BCUT2D eigenvalue weighted by Gasteiger charge is 2.23. The molecule has 1 aliphatic rings. The average molecular weight is 475 g/mol. The second kappa shape index (κ2) is 9.30. The van der Waals surface area contributed by atoms with Crippen LogP contribution in [0.3, 0.4) is 0 Å². The maximum atomic E-state index is 12.9. The molecule has 0 saturated heterocycles. The first-order valence-corrected chi connectivity index (χ1v) is 12.2. The Bertz CT molecular complexity index is 1500. The van der Waals surface area contributed by atoms with E-state index in [2.05, 4.69) is 46.7 Å². The Morgan fingerprint density at radius 2 is 1.61 bits per heavy atom. The molecule has 178 valence electrons. The number of hydrogen-bond acceptors (Lipinski definition) is 4. The highest BCUT2D eigenvalue weighted by atomic mass is 16.6. The van der Waals surface area contributed by atoms with Gasteiger partial charge in [-0.25, -0.2) is 9.78 Å². The van der Waals surface area contributed by atoms with E-state index in [9.17, 15) is 4.79 Å². The number of carbonyl (C=O) groups excluding carboxylic acids is 1. The Kier molecular flexibility index (Phi) is 5.70. The van der Waals surface area contributed by atoms with Crippen molar-refractivity contribution in [2.45, 2.75) is 31.8 Å². The van der Waals surface area contributed by atoms with Gasteiger partial charge in [-0.15, -0.1) is 0 Å². The van der Waals surface area contributed by atoms with E-state index in [1.54, 1.807) is 23.0 Å². The molecule has 0 radical (unpaired) electrons. The Hall–Kier alpha value is -4.45. The summed E-state index contributed by atoms with van der Waals surface area (Å²) in [5.74, 6) is 1.29. The lowest BCUT2D eigenvalue weighted by molar-refractivity contribution is 0.121. The molecule has 0 spiro atoms. The molecule has 1 N–H and O–H groups in total. The van der Waals surface area contributed by atoms with Crippen LogP contribution in [0.15, 0.2) is 97.5 Å². The Morgan fingerprint density at radius 3 is 2.31 bits per heavy atom. The van der Waals surface area contributed by atoms with Crippen molar-refractivity contribution in [1.29, 1.82) is 0 Å². The van der Waals surface area contributed by atoms with Crippen molar-refractivity contribution in [1.82, 2.24) is 14.4 Å². The molecule has 1 atom stereocenters. The largest absolute Gasteiger partial charge is 0.441 e. The van der Waals surface area contributed by atoms with Crippen LogP contribution in [0.25, 0.3) is 28.0 Å². The molecule has 1 amide bonds. The summed E-state index contributed by atoms with van der Waals surface area (Å²) in [6.45, 7) is 1.85. The van der Waals surface area contributed by atoms with Crippen LogP contribution in [-0.2, 0) is 4.74 Å². The number of amides is 1. The molecule has 5 aromatic rings. The highest BCUT2D eigenvalue weighted by molar-refractivity contribution is 5.90. The lowest BCUT2D eigenvalue weighted by Crippen LogP contribution is -2.17. The molecule has 2 aromatic heterocycles. The smallest absolute Gasteiger partial charge is 0.413 e. The van der Waals surface area contributed by atoms with E-state index < -0.39 is 6.09 Å². The summed E-state index contributed by atoms with van der Waals surface area (Å²) in [5.41, 5.74) is 6.86. The van der Waals surface area contributed by atoms with Crippen molar-refractivity contribution in [3.05, 3.63) is 109 Å². The van der Waals surface area contributed by atoms with Crippen molar-refractivity contribution in [3.8, 4) is 22.4 Å². The molecule has 0 aliphatic heterocycles. The molecule has 2 heterocycles. The van der Waals surface area contributed by atoms with Gasteiger partial charge in [-0.3, -0.25) is 14.7 Å². The van der Waals surface area contributed by atoms with Gasteiger partial charge in [0, 0.05) is 18.0 Å². The van der Waals surface area contributed by atoms with Crippen molar-refractivity contribution in [2.75, 3.05) is 5.32 Å². The molecular formula is C30H26N4O2. The Labute approximate surface area is 209 Å². The van der Waals surface area contributed by atoms with Crippen molar-refractivity contribution in [2.24, 2.45) is 0 Å². The fraction of sp³-hybridized carbons (Fsp3) is 0.167. The highest BCUT2D eigenvalue weighted by Crippen LogP contribution is 2.40. The summed E-state index contributed by atoms with van der Waals surface area (Å²) in [6, 6.07) is 26.7. The minimum absolute atomic E-state index is 0.388. The van der Waals surface area contributed by atoms with Gasteiger partial charge in [0.25, 0.3) is 0 Å². The number of aromatic nitrogens is 3. The first-order valence-electron chi connectivity index (χ1n) is 12.2. The number of nitrogens with one attached hydrogen (secondary N) is 1. The van der Waals surface area contributed by atoms with Crippen LogP contribution in [-0.4, -0.2) is 20.5 Å². The number of hydrogen-bond donors (Lipinski definition) is 1. The molecular weight excluding hydrogens is 448 g/mol. The molecule has 6 heteroatoms. The molecule has 0 bridgehead atoms. The number of nitrogens with zero attached hydrogens (tertiary/aromatic N) is 3. The van der Waals surface area contributed by atoms with E-state index in [1.807, 2.05) is 49.4 Å². The van der Waals surface area contributed by atoms with Crippen LogP contribution in [0.1, 0.15) is 42.9 Å². The third-order valence-electron chi connectivity index (χ3n) is 6.65. The van der Waals surface area contributed by atoms with Gasteiger partial charge in [-0.1, -0.05) is 78.9 Å². The second-order valence-electron chi connectivity index (χ2n) is 9.17. The molecule has 36 heavy (non-hydrogen) atoms. The summed E-state index contributed by atoms with van der Waals surface area (Å²) in [5, 5.41) is 2.91. The standard InChI is InChI=1S/C30H26N4O2/c1-20(21-5-3-2-4-6-21)36-30(35)33-29-28(32-27-19-31-17-18-34(27)29)26-15-13-25(14-16-26)24-11-9-23(10-12-24)22-7-8-22/h2-6,9-20,22H,7-8H2,1H3,(H,33,35). The maximum absolute atomic E-state index is 12.9. The Morgan fingerprint density at radius 1 is 0.944 bits per heavy atom. The number of imidazole rings is 1. The predicted octanol–water partition coefficient (Wildman–Crippen LogP) is 7.25. The van der Waals surface area contributed by atoms with E-state index in [4.69, 9.17) is 9.72 Å². The fourth-order valence-corrected chi connectivity index (χ4v) is 4.49. The Balaban J connectivity index is 1.27. The predicted molar refractivity (Wildman–Crippen MR) is 141 cm³/mol. The maximum Gasteiger partial charge on any atom is 0.413 e. The number of fused-ring (bicyclic) bond motifs is 1. The normalized spacial score (nSPS) is 13.9. The van der Waals surface area contributed by atoms with E-state index in [0.29, 0.717) is 17.2 Å². The lowest BCUT2D eigenvalue weighted by atomic mass is 10.0. The van der Waals surface area contributed by atoms with Gasteiger partial charge in [0.1, 0.15) is 17.6 Å². The minimum Gasteiger partial charge on any atom is -0.441 e. The lowest BCUT2D eigenvalue weighted by Gasteiger charge is -2.14. The molecule has 1 unspecified atom stereocenters. The third-order valence-corrected chi connectivity index (χ3v) is 6.65. The van der Waals surface area contributed by atoms with Crippen LogP contribution in [0.4, 0.5) is 10.6 Å². The van der Waals surface area contributed by atoms with E-state index in [0.717, 1.165) is 22.6 Å². The van der Waals surface area contributed by atoms with Gasteiger partial charge < -0.3 is 4.74 Å². The molecule has 6 rings (SSSR count). The van der Waals surface area contributed by atoms with Crippen LogP contribution in [0, 0.1) is 0 Å². The summed E-state index contributed by atoms with van der Waals surface area (Å²) in [4.78, 5) is 21.8. The summed E-state index contributed by atoms with van der Waals surface area (Å²) >= 11 is 0. The van der Waals surface area contributed by atoms with Gasteiger partial charge in [0.15, 0.2) is 5.65 Å². The van der Waals surface area contributed by atoms with E-state index >= 15 is 0 Å². The van der Waals surface area contributed by atoms with Gasteiger partial charge in [-0.2, -0.15) is 0 Å². The first kappa shape index (κ1) is 22.0. The van der Waals surface area contributed by atoms with Crippen LogP contribution >= 0.6 is 0 Å². The first-order chi connectivity index (χ1) is 17.7. The zero-order chi connectivity index (χ0) is 24.5. The van der Waals surface area contributed by atoms with Gasteiger partial charge >= 0.3 is 6.09 Å². The number of benzene rings is 3. The SMILES string of the molecule is CC(OC(=O)Nc1c(-c2ccc(-c3ccc(C4CC4)cc3)cc2)nc2cnccn12)c1ccccc1.